The van der Waals surface area contributed by atoms with Crippen molar-refractivity contribution in [3.63, 3.8) is 0 Å². The van der Waals surface area contributed by atoms with E-state index >= 15 is 0 Å². The maximum absolute atomic E-state index is 13.0. The standard InChI is InChI=1S/C24H29N3O3/c1-30-22-11-5-7-19(17-22)18-6-4-8-20(16-18)23(28)26-12-14-27(15-13-26)24(29)25-21-9-2-3-10-21/h4-8,11,16-17,21H,2-3,9-10,12-15H2,1H3,(H,25,29). The van der Waals surface area contributed by atoms with Gasteiger partial charge >= 0.3 is 6.03 Å². The summed E-state index contributed by atoms with van der Waals surface area (Å²) in [6, 6.07) is 15.8. The Bertz CT molecular complexity index is 900. The molecule has 0 unspecified atom stereocenters. The van der Waals surface area contributed by atoms with E-state index in [-0.39, 0.29) is 11.9 Å². The summed E-state index contributed by atoms with van der Waals surface area (Å²) in [5.74, 6) is 0.798. The van der Waals surface area contributed by atoms with Crippen LogP contribution in [0.3, 0.4) is 0 Å². The third kappa shape index (κ3) is 4.58. The predicted molar refractivity (Wildman–Crippen MR) is 117 cm³/mol. The van der Waals surface area contributed by atoms with E-state index in [9.17, 15) is 9.59 Å². The van der Waals surface area contributed by atoms with Crippen LogP contribution in [0.5, 0.6) is 5.75 Å². The topological polar surface area (TPSA) is 61.9 Å². The number of hydrogen-bond acceptors (Lipinski definition) is 3. The second-order valence-electron chi connectivity index (χ2n) is 8.02. The number of methoxy groups -OCH3 is 1. The van der Waals surface area contributed by atoms with E-state index in [2.05, 4.69) is 5.32 Å². The highest BCUT2D eigenvalue weighted by Crippen LogP contribution is 2.25. The molecule has 1 N–H and O–H groups in total. The summed E-state index contributed by atoms with van der Waals surface area (Å²) < 4.78 is 5.31. The van der Waals surface area contributed by atoms with Crippen molar-refractivity contribution in [3.05, 3.63) is 54.1 Å². The summed E-state index contributed by atoms with van der Waals surface area (Å²) in [6.07, 6.45) is 4.55. The Kier molecular flexibility index (Phi) is 6.21. The fourth-order valence-electron chi connectivity index (χ4n) is 4.27. The number of urea groups is 1. The highest BCUT2D eigenvalue weighted by Gasteiger charge is 2.27. The normalized spacial score (nSPS) is 17.1. The highest BCUT2D eigenvalue weighted by molar-refractivity contribution is 5.95. The zero-order valence-corrected chi connectivity index (χ0v) is 17.5. The van der Waals surface area contributed by atoms with Crippen molar-refractivity contribution in [2.75, 3.05) is 33.3 Å². The highest BCUT2D eigenvalue weighted by atomic mass is 16.5. The van der Waals surface area contributed by atoms with Crippen LogP contribution in [0.25, 0.3) is 11.1 Å². The van der Waals surface area contributed by atoms with Crippen LogP contribution < -0.4 is 10.1 Å². The first kappa shape index (κ1) is 20.3. The largest absolute Gasteiger partial charge is 0.497 e. The van der Waals surface area contributed by atoms with Crippen LogP contribution in [-0.2, 0) is 0 Å². The molecule has 0 aromatic heterocycles. The summed E-state index contributed by atoms with van der Waals surface area (Å²) in [4.78, 5) is 29.2. The zero-order valence-electron chi connectivity index (χ0n) is 17.5. The van der Waals surface area contributed by atoms with Gasteiger partial charge in [0.1, 0.15) is 5.75 Å². The van der Waals surface area contributed by atoms with Gasteiger partial charge in [-0.25, -0.2) is 4.79 Å². The van der Waals surface area contributed by atoms with E-state index < -0.39 is 0 Å². The van der Waals surface area contributed by atoms with E-state index in [0.29, 0.717) is 37.8 Å². The Hall–Kier alpha value is -3.02. The molecule has 2 fully saturated rings. The van der Waals surface area contributed by atoms with Gasteiger partial charge in [0.05, 0.1) is 7.11 Å². The molecule has 30 heavy (non-hydrogen) atoms. The molecule has 1 saturated carbocycles. The van der Waals surface area contributed by atoms with Gasteiger partial charge in [-0.2, -0.15) is 0 Å². The quantitative estimate of drug-likeness (QED) is 0.839. The van der Waals surface area contributed by atoms with Crippen LogP contribution in [0.15, 0.2) is 48.5 Å². The van der Waals surface area contributed by atoms with Gasteiger partial charge in [-0.05, 0) is 48.2 Å². The van der Waals surface area contributed by atoms with Gasteiger partial charge in [-0.1, -0.05) is 37.1 Å². The van der Waals surface area contributed by atoms with Crippen LogP contribution in [0.2, 0.25) is 0 Å². The molecule has 2 aromatic carbocycles. The van der Waals surface area contributed by atoms with E-state index in [1.54, 1.807) is 7.11 Å². The zero-order chi connectivity index (χ0) is 20.9. The Balaban J connectivity index is 1.37. The summed E-state index contributed by atoms with van der Waals surface area (Å²) in [5, 5.41) is 3.13. The van der Waals surface area contributed by atoms with E-state index in [0.717, 1.165) is 29.7 Å². The van der Waals surface area contributed by atoms with Gasteiger partial charge in [-0.3, -0.25) is 4.79 Å². The second-order valence-corrected chi connectivity index (χ2v) is 8.02. The Morgan fingerprint density at radius 3 is 2.23 bits per heavy atom. The van der Waals surface area contributed by atoms with E-state index in [1.165, 1.54) is 12.8 Å². The van der Waals surface area contributed by atoms with Gasteiger partial charge in [0.25, 0.3) is 5.91 Å². The fraction of sp³-hybridized carbons (Fsp3) is 0.417. The van der Waals surface area contributed by atoms with Crippen LogP contribution in [0.1, 0.15) is 36.0 Å². The molecule has 4 rings (SSSR count). The Labute approximate surface area is 177 Å². The van der Waals surface area contributed by atoms with Crippen LogP contribution >= 0.6 is 0 Å². The summed E-state index contributed by atoms with van der Waals surface area (Å²) in [6.45, 7) is 2.25. The SMILES string of the molecule is COc1cccc(-c2cccc(C(=O)N3CCN(C(=O)NC4CCCC4)CC3)c2)c1. The smallest absolute Gasteiger partial charge is 0.317 e. The van der Waals surface area contributed by atoms with Gasteiger partial charge in [-0.15, -0.1) is 0 Å². The second kappa shape index (κ2) is 9.20. The number of benzene rings is 2. The van der Waals surface area contributed by atoms with Gasteiger partial charge in [0, 0.05) is 37.8 Å². The molecule has 2 aliphatic rings. The predicted octanol–water partition coefficient (Wildman–Crippen LogP) is 3.77. The average Bonchev–Trinajstić information content (AvgIpc) is 3.32. The maximum atomic E-state index is 13.0. The first-order valence-corrected chi connectivity index (χ1v) is 10.7. The minimum absolute atomic E-state index is 0.00835. The van der Waals surface area contributed by atoms with Crippen molar-refractivity contribution in [1.29, 1.82) is 0 Å². The number of rotatable bonds is 4. The lowest BCUT2D eigenvalue weighted by molar-refractivity contribution is 0.0663. The molecule has 6 heteroatoms. The molecular weight excluding hydrogens is 378 g/mol. The van der Waals surface area contributed by atoms with Crippen LogP contribution in [0, 0.1) is 0 Å². The van der Waals surface area contributed by atoms with Crippen molar-refractivity contribution in [2.24, 2.45) is 0 Å². The lowest BCUT2D eigenvalue weighted by Gasteiger charge is -2.35. The molecule has 6 nitrogen and oxygen atoms in total. The van der Waals surface area contributed by atoms with Crippen molar-refractivity contribution < 1.29 is 14.3 Å². The Morgan fingerprint density at radius 2 is 1.53 bits per heavy atom. The van der Waals surface area contributed by atoms with Gasteiger partial charge < -0.3 is 19.9 Å². The molecule has 0 atom stereocenters. The molecule has 0 spiro atoms. The number of ether oxygens (including phenoxy) is 1. The third-order valence-corrected chi connectivity index (χ3v) is 6.05. The van der Waals surface area contributed by atoms with Crippen molar-refractivity contribution in [2.45, 2.75) is 31.7 Å². The molecule has 0 radical (unpaired) electrons. The summed E-state index contributed by atoms with van der Waals surface area (Å²) in [7, 11) is 1.65. The summed E-state index contributed by atoms with van der Waals surface area (Å²) >= 11 is 0. The molecule has 1 saturated heterocycles. The van der Waals surface area contributed by atoms with Crippen LogP contribution in [-0.4, -0.2) is 61.1 Å². The molecule has 2 aromatic rings. The molecule has 3 amide bonds. The lowest BCUT2D eigenvalue weighted by atomic mass is 10.0. The Morgan fingerprint density at radius 1 is 0.900 bits per heavy atom. The molecule has 1 heterocycles. The summed E-state index contributed by atoms with van der Waals surface area (Å²) in [5.41, 5.74) is 2.66. The number of hydrogen-bond donors (Lipinski definition) is 1. The van der Waals surface area contributed by atoms with Crippen LogP contribution in [0.4, 0.5) is 4.79 Å². The van der Waals surface area contributed by atoms with Gasteiger partial charge in [0.15, 0.2) is 0 Å². The molecule has 1 aliphatic heterocycles. The van der Waals surface area contributed by atoms with Gasteiger partial charge in [0.2, 0.25) is 0 Å². The average molecular weight is 408 g/mol. The minimum Gasteiger partial charge on any atom is -0.497 e. The van der Waals surface area contributed by atoms with Crippen molar-refractivity contribution in [3.8, 4) is 16.9 Å². The number of amides is 3. The fourth-order valence-corrected chi connectivity index (χ4v) is 4.27. The minimum atomic E-state index is 0.00835. The molecule has 0 bridgehead atoms. The third-order valence-electron chi connectivity index (χ3n) is 6.05. The number of piperazine rings is 1. The molecule has 158 valence electrons. The number of carbonyl (C=O) groups is 2. The van der Waals surface area contributed by atoms with E-state index in [1.807, 2.05) is 58.3 Å². The molecule has 1 aliphatic carbocycles. The number of carbonyl (C=O) groups excluding carboxylic acids is 2. The maximum Gasteiger partial charge on any atom is 0.317 e. The van der Waals surface area contributed by atoms with E-state index in [4.69, 9.17) is 4.74 Å². The molecular formula is C24H29N3O3. The van der Waals surface area contributed by atoms with Crippen molar-refractivity contribution >= 4 is 11.9 Å². The lowest BCUT2D eigenvalue weighted by Crippen LogP contribution is -2.54. The number of nitrogens with zero attached hydrogens (tertiary/aromatic N) is 2. The monoisotopic (exact) mass is 407 g/mol. The van der Waals surface area contributed by atoms with Crippen molar-refractivity contribution in [1.82, 2.24) is 15.1 Å². The first-order chi connectivity index (χ1) is 14.6. The number of nitrogens with one attached hydrogen (secondary N) is 1. The first-order valence-electron chi connectivity index (χ1n) is 10.7.